The SMILES string of the molecule is CCCCCCC(O)c1cccc(-c2ccc3nc(-c4ccc(Cl)cc4)cn3c2)c1. The Morgan fingerprint density at radius 2 is 1.70 bits per heavy atom. The molecule has 2 aromatic heterocycles. The van der Waals surface area contributed by atoms with E-state index in [1.807, 2.05) is 53.1 Å². The predicted molar refractivity (Wildman–Crippen MR) is 125 cm³/mol. The van der Waals surface area contributed by atoms with Crippen LogP contribution in [0.15, 0.2) is 73.1 Å². The van der Waals surface area contributed by atoms with E-state index in [1.165, 1.54) is 19.3 Å². The van der Waals surface area contributed by atoms with Gasteiger partial charge in [0.05, 0.1) is 11.8 Å². The summed E-state index contributed by atoms with van der Waals surface area (Å²) >= 11 is 6.00. The van der Waals surface area contributed by atoms with Gasteiger partial charge in [-0.05, 0) is 53.4 Å². The Labute approximate surface area is 183 Å². The van der Waals surface area contributed by atoms with Gasteiger partial charge in [0.2, 0.25) is 0 Å². The van der Waals surface area contributed by atoms with E-state index in [0.717, 1.165) is 51.5 Å². The third-order valence-electron chi connectivity index (χ3n) is 5.53. The lowest BCUT2D eigenvalue weighted by Gasteiger charge is -2.12. The summed E-state index contributed by atoms with van der Waals surface area (Å²) in [4.78, 5) is 4.72. The molecule has 0 amide bonds. The summed E-state index contributed by atoms with van der Waals surface area (Å²) in [6, 6.07) is 20.1. The first-order valence-electron chi connectivity index (χ1n) is 10.7. The van der Waals surface area contributed by atoms with Crippen molar-refractivity contribution in [3.63, 3.8) is 0 Å². The van der Waals surface area contributed by atoms with Gasteiger partial charge < -0.3 is 9.51 Å². The van der Waals surface area contributed by atoms with Gasteiger partial charge in [-0.3, -0.25) is 0 Å². The minimum Gasteiger partial charge on any atom is -0.388 e. The molecular weight excluding hydrogens is 392 g/mol. The minimum atomic E-state index is -0.407. The summed E-state index contributed by atoms with van der Waals surface area (Å²) in [5.41, 5.74) is 6.04. The van der Waals surface area contributed by atoms with Crippen molar-refractivity contribution in [1.29, 1.82) is 0 Å². The number of imidazole rings is 1. The molecule has 0 radical (unpaired) electrons. The average Bonchev–Trinajstić information content (AvgIpc) is 3.20. The molecule has 0 bridgehead atoms. The lowest BCUT2D eigenvalue weighted by atomic mass is 9.98. The monoisotopic (exact) mass is 418 g/mol. The second kappa shape index (κ2) is 9.46. The van der Waals surface area contributed by atoms with Crippen molar-refractivity contribution in [3.8, 4) is 22.4 Å². The zero-order valence-electron chi connectivity index (χ0n) is 17.3. The second-order valence-electron chi connectivity index (χ2n) is 7.81. The van der Waals surface area contributed by atoms with Gasteiger partial charge in [0.25, 0.3) is 0 Å². The Balaban J connectivity index is 1.56. The van der Waals surface area contributed by atoms with Crippen LogP contribution in [0.2, 0.25) is 5.02 Å². The molecule has 3 nitrogen and oxygen atoms in total. The van der Waals surface area contributed by atoms with Crippen LogP contribution in [0.3, 0.4) is 0 Å². The number of halogens is 1. The zero-order valence-corrected chi connectivity index (χ0v) is 18.0. The highest BCUT2D eigenvalue weighted by atomic mass is 35.5. The number of hydrogen-bond donors (Lipinski definition) is 1. The molecule has 2 heterocycles. The number of pyridine rings is 1. The molecule has 4 aromatic rings. The molecule has 0 saturated carbocycles. The van der Waals surface area contributed by atoms with Gasteiger partial charge in [-0.15, -0.1) is 0 Å². The Hall–Kier alpha value is -2.62. The van der Waals surface area contributed by atoms with E-state index in [0.29, 0.717) is 0 Å². The van der Waals surface area contributed by atoms with E-state index in [-0.39, 0.29) is 0 Å². The van der Waals surface area contributed by atoms with E-state index >= 15 is 0 Å². The molecule has 1 unspecified atom stereocenters. The Kier molecular flexibility index (Phi) is 6.51. The summed E-state index contributed by atoms with van der Waals surface area (Å²) < 4.78 is 2.05. The number of aliphatic hydroxyl groups is 1. The molecule has 0 spiro atoms. The number of hydrogen-bond acceptors (Lipinski definition) is 2. The van der Waals surface area contributed by atoms with Gasteiger partial charge >= 0.3 is 0 Å². The van der Waals surface area contributed by atoms with Crippen molar-refractivity contribution in [3.05, 3.63) is 83.6 Å². The summed E-state index contributed by atoms with van der Waals surface area (Å²) in [6.45, 7) is 2.20. The maximum atomic E-state index is 10.6. The number of fused-ring (bicyclic) bond motifs is 1. The van der Waals surface area contributed by atoms with Crippen molar-refractivity contribution in [1.82, 2.24) is 9.38 Å². The van der Waals surface area contributed by atoms with E-state index in [4.69, 9.17) is 16.6 Å². The van der Waals surface area contributed by atoms with Gasteiger partial charge in [0, 0.05) is 23.0 Å². The summed E-state index contributed by atoms with van der Waals surface area (Å²) in [6.07, 6.45) is 9.22. The topological polar surface area (TPSA) is 37.5 Å². The minimum absolute atomic E-state index is 0.407. The molecule has 154 valence electrons. The first-order valence-corrected chi connectivity index (χ1v) is 11.0. The standard InChI is InChI=1S/C26H27ClN2O/c1-2-3-4-5-9-25(30)21-8-6-7-20(16-21)22-12-15-26-28-24(18-29(26)17-22)19-10-13-23(27)14-11-19/h6-8,10-18,25,30H,2-5,9H2,1H3. The second-order valence-corrected chi connectivity index (χ2v) is 8.24. The first-order chi connectivity index (χ1) is 14.6. The smallest absolute Gasteiger partial charge is 0.137 e. The maximum Gasteiger partial charge on any atom is 0.137 e. The largest absolute Gasteiger partial charge is 0.388 e. The quantitative estimate of drug-likeness (QED) is 0.304. The number of benzene rings is 2. The molecule has 0 aliphatic carbocycles. The highest BCUT2D eigenvalue weighted by Crippen LogP contribution is 2.27. The summed E-state index contributed by atoms with van der Waals surface area (Å²) in [7, 11) is 0. The first kappa shape index (κ1) is 20.6. The average molecular weight is 419 g/mol. The number of aliphatic hydroxyl groups excluding tert-OH is 1. The normalized spacial score (nSPS) is 12.4. The van der Waals surface area contributed by atoms with E-state index < -0.39 is 6.10 Å². The highest BCUT2D eigenvalue weighted by molar-refractivity contribution is 6.30. The molecular formula is C26H27ClN2O. The van der Waals surface area contributed by atoms with Gasteiger partial charge in [0.1, 0.15) is 5.65 Å². The summed E-state index contributed by atoms with van der Waals surface area (Å²) in [5, 5.41) is 11.3. The third-order valence-corrected chi connectivity index (χ3v) is 5.78. The Morgan fingerprint density at radius 3 is 2.50 bits per heavy atom. The fourth-order valence-corrected chi connectivity index (χ4v) is 3.90. The number of unbranched alkanes of at least 4 members (excludes halogenated alkanes) is 3. The van der Waals surface area contributed by atoms with Crippen LogP contribution in [0, 0.1) is 0 Å². The van der Waals surface area contributed by atoms with Crippen LogP contribution in [-0.4, -0.2) is 14.5 Å². The van der Waals surface area contributed by atoms with Crippen LogP contribution in [0.5, 0.6) is 0 Å². The van der Waals surface area contributed by atoms with Gasteiger partial charge in [-0.1, -0.05) is 74.5 Å². The van der Waals surface area contributed by atoms with Crippen LogP contribution in [0.25, 0.3) is 28.0 Å². The molecule has 1 N–H and O–H groups in total. The van der Waals surface area contributed by atoms with Crippen LogP contribution >= 0.6 is 11.6 Å². The molecule has 30 heavy (non-hydrogen) atoms. The Bertz CT molecular complexity index is 1120. The fraction of sp³-hybridized carbons (Fsp3) is 0.269. The van der Waals surface area contributed by atoms with Crippen molar-refractivity contribution in [2.75, 3.05) is 0 Å². The van der Waals surface area contributed by atoms with E-state index in [9.17, 15) is 5.11 Å². The molecule has 4 heteroatoms. The van der Waals surface area contributed by atoms with Gasteiger partial charge in [-0.25, -0.2) is 4.98 Å². The summed E-state index contributed by atoms with van der Waals surface area (Å²) in [5.74, 6) is 0. The molecule has 1 atom stereocenters. The van der Waals surface area contributed by atoms with Crippen molar-refractivity contribution in [2.24, 2.45) is 0 Å². The fourth-order valence-electron chi connectivity index (χ4n) is 3.78. The Morgan fingerprint density at radius 1 is 0.900 bits per heavy atom. The van der Waals surface area contributed by atoms with E-state index in [1.54, 1.807) is 0 Å². The lowest BCUT2D eigenvalue weighted by Crippen LogP contribution is -1.98. The number of nitrogens with zero attached hydrogens (tertiary/aromatic N) is 2. The van der Waals surface area contributed by atoms with Gasteiger partial charge in [0.15, 0.2) is 0 Å². The van der Waals surface area contributed by atoms with Crippen LogP contribution in [0.4, 0.5) is 0 Å². The van der Waals surface area contributed by atoms with Crippen molar-refractivity contribution in [2.45, 2.75) is 45.1 Å². The molecule has 0 aliphatic heterocycles. The van der Waals surface area contributed by atoms with Crippen LogP contribution < -0.4 is 0 Å². The van der Waals surface area contributed by atoms with Gasteiger partial charge in [-0.2, -0.15) is 0 Å². The molecule has 0 aliphatic rings. The molecule has 2 aromatic carbocycles. The highest BCUT2D eigenvalue weighted by Gasteiger charge is 2.10. The van der Waals surface area contributed by atoms with Crippen molar-refractivity contribution < 1.29 is 5.11 Å². The van der Waals surface area contributed by atoms with Crippen molar-refractivity contribution >= 4 is 17.2 Å². The third kappa shape index (κ3) is 4.75. The van der Waals surface area contributed by atoms with E-state index in [2.05, 4.69) is 31.3 Å². The molecule has 4 rings (SSSR count). The molecule has 0 fully saturated rings. The zero-order chi connectivity index (χ0) is 20.9. The lowest BCUT2D eigenvalue weighted by molar-refractivity contribution is 0.163. The van der Waals surface area contributed by atoms with Crippen LogP contribution in [-0.2, 0) is 0 Å². The van der Waals surface area contributed by atoms with Crippen LogP contribution in [0.1, 0.15) is 50.7 Å². The number of rotatable bonds is 8. The molecule has 0 saturated heterocycles. The maximum absolute atomic E-state index is 10.6. The number of aromatic nitrogens is 2. The predicted octanol–water partition coefficient (Wildman–Crippen LogP) is 7.33.